The number of hydrogen-bond donors (Lipinski definition) is 0. The fourth-order valence-corrected chi connectivity index (χ4v) is 3.50. The SMILES string of the molecule is CC(C)(C)c1cccc2c1CN(C1CCC(=O)CC1=O)C2=O. The van der Waals surface area contributed by atoms with E-state index in [0.717, 1.165) is 11.1 Å². The summed E-state index contributed by atoms with van der Waals surface area (Å²) in [6.07, 6.45) is 0.821. The summed E-state index contributed by atoms with van der Waals surface area (Å²) < 4.78 is 0. The van der Waals surface area contributed by atoms with Gasteiger partial charge in [-0.1, -0.05) is 32.9 Å². The monoisotopic (exact) mass is 299 g/mol. The van der Waals surface area contributed by atoms with E-state index in [1.807, 2.05) is 12.1 Å². The van der Waals surface area contributed by atoms with E-state index in [-0.39, 0.29) is 29.3 Å². The Labute approximate surface area is 130 Å². The van der Waals surface area contributed by atoms with Crippen LogP contribution in [0, 0.1) is 0 Å². The highest BCUT2D eigenvalue weighted by molar-refractivity contribution is 6.07. The van der Waals surface area contributed by atoms with Gasteiger partial charge in [0.2, 0.25) is 0 Å². The average Bonchev–Trinajstić information content (AvgIpc) is 2.75. The van der Waals surface area contributed by atoms with Gasteiger partial charge in [0.15, 0.2) is 5.78 Å². The number of hydrogen-bond acceptors (Lipinski definition) is 3. The molecule has 1 saturated carbocycles. The van der Waals surface area contributed by atoms with E-state index in [0.29, 0.717) is 24.9 Å². The number of nitrogens with zero attached hydrogens (tertiary/aromatic N) is 1. The van der Waals surface area contributed by atoms with Crippen molar-refractivity contribution >= 4 is 17.5 Å². The molecular weight excluding hydrogens is 278 g/mol. The minimum atomic E-state index is -0.439. The number of carbonyl (C=O) groups excluding carboxylic acids is 3. The first kappa shape index (κ1) is 14.9. The van der Waals surface area contributed by atoms with Gasteiger partial charge in [0.05, 0.1) is 12.5 Å². The minimum Gasteiger partial charge on any atom is -0.324 e. The summed E-state index contributed by atoms with van der Waals surface area (Å²) in [6.45, 7) is 6.85. The second kappa shape index (κ2) is 5.04. The number of benzene rings is 1. The lowest BCUT2D eigenvalue weighted by molar-refractivity contribution is -0.133. The number of ketones is 2. The smallest absolute Gasteiger partial charge is 0.255 e. The van der Waals surface area contributed by atoms with E-state index in [9.17, 15) is 14.4 Å². The topological polar surface area (TPSA) is 54.5 Å². The number of Topliss-reactive ketones (excluding diaryl/α,β-unsaturated/α-hetero) is 2. The molecule has 1 aliphatic heterocycles. The highest BCUT2D eigenvalue weighted by Crippen LogP contribution is 2.35. The van der Waals surface area contributed by atoms with Crippen LogP contribution in [-0.4, -0.2) is 28.4 Å². The predicted octanol–water partition coefficient (Wildman–Crippen LogP) is 2.63. The molecule has 116 valence electrons. The lowest BCUT2D eigenvalue weighted by atomic mass is 9.83. The lowest BCUT2D eigenvalue weighted by Crippen LogP contribution is -2.44. The van der Waals surface area contributed by atoms with E-state index in [1.165, 1.54) is 0 Å². The van der Waals surface area contributed by atoms with Crippen molar-refractivity contribution in [2.45, 2.75) is 58.0 Å². The van der Waals surface area contributed by atoms with Crippen LogP contribution in [0.1, 0.15) is 61.5 Å². The van der Waals surface area contributed by atoms with Crippen molar-refractivity contribution in [3.05, 3.63) is 34.9 Å². The maximum absolute atomic E-state index is 12.7. The number of carbonyl (C=O) groups is 3. The first-order valence-electron chi connectivity index (χ1n) is 7.77. The molecule has 3 rings (SSSR count). The Morgan fingerprint density at radius 3 is 2.50 bits per heavy atom. The summed E-state index contributed by atoms with van der Waals surface area (Å²) in [5.74, 6) is -0.204. The van der Waals surface area contributed by atoms with Crippen LogP contribution in [0.5, 0.6) is 0 Å². The van der Waals surface area contributed by atoms with Gasteiger partial charge in [0.1, 0.15) is 5.78 Å². The zero-order chi connectivity index (χ0) is 16.1. The molecule has 1 unspecified atom stereocenters. The fourth-order valence-electron chi connectivity index (χ4n) is 3.50. The van der Waals surface area contributed by atoms with Crippen LogP contribution in [0.2, 0.25) is 0 Å². The van der Waals surface area contributed by atoms with Gasteiger partial charge in [-0.15, -0.1) is 0 Å². The molecular formula is C18H21NO3. The molecule has 0 saturated heterocycles. The van der Waals surface area contributed by atoms with Crippen LogP contribution in [0.3, 0.4) is 0 Å². The average molecular weight is 299 g/mol. The molecule has 2 aliphatic rings. The summed E-state index contributed by atoms with van der Waals surface area (Å²) >= 11 is 0. The number of rotatable bonds is 1. The summed E-state index contributed by atoms with van der Waals surface area (Å²) in [5, 5.41) is 0. The second-order valence-electron chi connectivity index (χ2n) is 7.25. The van der Waals surface area contributed by atoms with Crippen LogP contribution < -0.4 is 0 Å². The second-order valence-corrected chi connectivity index (χ2v) is 7.25. The molecule has 4 nitrogen and oxygen atoms in total. The third-order valence-corrected chi connectivity index (χ3v) is 4.62. The Kier molecular flexibility index (Phi) is 3.42. The maximum Gasteiger partial charge on any atom is 0.255 e. The van der Waals surface area contributed by atoms with Crippen LogP contribution in [0.25, 0.3) is 0 Å². The highest BCUT2D eigenvalue weighted by atomic mass is 16.2. The standard InChI is InChI=1S/C18H21NO3/c1-18(2,3)14-6-4-5-12-13(14)10-19(17(12)22)15-8-7-11(20)9-16(15)21/h4-6,15H,7-10H2,1-3H3. The molecule has 1 amide bonds. The molecule has 1 fully saturated rings. The van der Waals surface area contributed by atoms with Crippen molar-refractivity contribution in [2.24, 2.45) is 0 Å². The Hall–Kier alpha value is -1.97. The third-order valence-electron chi connectivity index (χ3n) is 4.62. The lowest BCUT2D eigenvalue weighted by Gasteiger charge is -2.29. The molecule has 4 heteroatoms. The molecule has 0 radical (unpaired) electrons. The summed E-state index contributed by atoms with van der Waals surface area (Å²) in [4.78, 5) is 37.9. The van der Waals surface area contributed by atoms with E-state index in [4.69, 9.17) is 0 Å². The zero-order valence-electron chi connectivity index (χ0n) is 13.3. The first-order valence-corrected chi connectivity index (χ1v) is 7.77. The van der Waals surface area contributed by atoms with Gasteiger partial charge in [-0.2, -0.15) is 0 Å². The molecule has 1 heterocycles. The molecule has 0 bridgehead atoms. The van der Waals surface area contributed by atoms with Gasteiger partial charge in [-0.3, -0.25) is 14.4 Å². The van der Waals surface area contributed by atoms with Crippen LogP contribution in [0.15, 0.2) is 18.2 Å². The van der Waals surface area contributed by atoms with Gasteiger partial charge in [0, 0.05) is 18.5 Å². The number of amides is 1. The zero-order valence-corrected chi connectivity index (χ0v) is 13.3. The van der Waals surface area contributed by atoms with Crippen molar-refractivity contribution in [2.75, 3.05) is 0 Å². The quantitative estimate of drug-likeness (QED) is 0.749. The third kappa shape index (κ3) is 2.36. The molecule has 0 spiro atoms. The van der Waals surface area contributed by atoms with Crippen molar-refractivity contribution in [3.8, 4) is 0 Å². The fraction of sp³-hybridized carbons (Fsp3) is 0.500. The van der Waals surface area contributed by atoms with E-state index in [2.05, 4.69) is 26.8 Å². The molecule has 0 aromatic heterocycles. The largest absolute Gasteiger partial charge is 0.324 e. The van der Waals surface area contributed by atoms with Crippen molar-refractivity contribution < 1.29 is 14.4 Å². The van der Waals surface area contributed by atoms with Crippen molar-refractivity contribution in [1.29, 1.82) is 0 Å². The summed E-state index contributed by atoms with van der Waals surface area (Å²) in [6, 6.07) is 5.37. The van der Waals surface area contributed by atoms with E-state index in [1.54, 1.807) is 4.90 Å². The molecule has 1 aliphatic carbocycles. The Morgan fingerprint density at radius 1 is 1.14 bits per heavy atom. The molecule has 1 aromatic rings. The Morgan fingerprint density at radius 2 is 1.86 bits per heavy atom. The van der Waals surface area contributed by atoms with Crippen molar-refractivity contribution in [1.82, 2.24) is 4.90 Å². The van der Waals surface area contributed by atoms with Gasteiger partial charge in [-0.25, -0.2) is 0 Å². The van der Waals surface area contributed by atoms with Crippen molar-refractivity contribution in [3.63, 3.8) is 0 Å². The Bertz CT molecular complexity index is 669. The molecule has 1 atom stereocenters. The van der Waals surface area contributed by atoms with Crippen LogP contribution in [-0.2, 0) is 21.5 Å². The van der Waals surface area contributed by atoms with E-state index >= 15 is 0 Å². The van der Waals surface area contributed by atoms with Gasteiger partial charge in [0.25, 0.3) is 5.91 Å². The first-order chi connectivity index (χ1) is 10.3. The summed E-state index contributed by atoms with van der Waals surface area (Å²) in [5.41, 5.74) is 2.84. The van der Waals surface area contributed by atoms with Crippen LogP contribution in [0.4, 0.5) is 0 Å². The molecule has 1 aromatic carbocycles. The maximum atomic E-state index is 12.7. The normalized spacial score (nSPS) is 22.2. The predicted molar refractivity (Wildman–Crippen MR) is 82.7 cm³/mol. The number of fused-ring (bicyclic) bond motifs is 1. The highest BCUT2D eigenvalue weighted by Gasteiger charge is 2.40. The summed E-state index contributed by atoms with van der Waals surface area (Å²) in [7, 11) is 0. The van der Waals surface area contributed by atoms with Gasteiger partial charge >= 0.3 is 0 Å². The Balaban J connectivity index is 1.95. The molecule has 0 N–H and O–H groups in total. The van der Waals surface area contributed by atoms with E-state index < -0.39 is 6.04 Å². The van der Waals surface area contributed by atoms with Gasteiger partial charge in [-0.05, 0) is 29.0 Å². The van der Waals surface area contributed by atoms with Gasteiger partial charge < -0.3 is 4.90 Å². The molecule has 22 heavy (non-hydrogen) atoms. The minimum absolute atomic E-state index is 0.0132. The van der Waals surface area contributed by atoms with Crippen LogP contribution >= 0.6 is 0 Å².